The second-order valence-electron chi connectivity index (χ2n) is 5.50. The number of ether oxygens (including phenoxy) is 1. The van der Waals surface area contributed by atoms with Crippen molar-refractivity contribution in [1.82, 2.24) is 4.73 Å². The van der Waals surface area contributed by atoms with Crippen molar-refractivity contribution >= 4 is 0 Å². The number of hydrogen-bond donors (Lipinski definition) is 0. The number of aryl methyl sites for hydroxylation is 1. The molecule has 0 aliphatic heterocycles. The molecule has 0 radical (unpaired) electrons. The van der Waals surface area contributed by atoms with Crippen LogP contribution < -0.4 is 15.0 Å². The normalized spacial score (nSPS) is 10.4. The summed E-state index contributed by atoms with van der Waals surface area (Å²) < 4.78 is 7.24. The zero-order chi connectivity index (χ0) is 16.8. The zero-order valence-electron chi connectivity index (χ0n) is 13.5. The molecule has 0 bridgehead atoms. The molecule has 4 heteroatoms. The average Bonchev–Trinajstić information content (AvgIpc) is 2.62. The molecule has 0 aliphatic carbocycles. The molecule has 2 aromatic carbocycles. The van der Waals surface area contributed by atoms with Gasteiger partial charge in [-0.3, -0.25) is 4.79 Å². The van der Waals surface area contributed by atoms with Crippen molar-refractivity contribution in [3.63, 3.8) is 0 Å². The highest BCUT2D eigenvalue weighted by Crippen LogP contribution is 2.09. The SMILES string of the molecule is Cc1cc(=O)c(OCc2ccccc2)cn1OCc1ccccc1. The molecule has 0 amide bonds. The van der Waals surface area contributed by atoms with Gasteiger partial charge in [-0.1, -0.05) is 60.7 Å². The van der Waals surface area contributed by atoms with Crippen LogP contribution in [0.5, 0.6) is 5.75 Å². The Balaban J connectivity index is 1.72. The summed E-state index contributed by atoms with van der Waals surface area (Å²) in [5, 5.41) is 0. The maximum absolute atomic E-state index is 12.1. The average molecular weight is 321 g/mol. The molecule has 1 heterocycles. The third-order valence-electron chi connectivity index (χ3n) is 3.62. The van der Waals surface area contributed by atoms with Gasteiger partial charge < -0.3 is 9.57 Å². The van der Waals surface area contributed by atoms with E-state index in [0.29, 0.717) is 13.2 Å². The van der Waals surface area contributed by atoms with Gasteiger partial charge in [0, 0.05) is 6.07 Å². The van der Waals surface area contributed by atoms with Gasteiger partial charge in [-0.2, -0.15) is 4.73 Å². The summed E-state index contributed by atoms with van der Waals surface area (Å²) in [4.78, 5) is 17.9. The molecule has 0 saturated carbocycles. The second-order valence-corrected chi connectivity index (χ2v) is 5.50. The third-order valence-corrected chi connectivity index (χ3v) is 3.62. The number of aromatic nitrogens is 1. The summed E-state index contributed by atoms with van der Waals surface area (Å²) in [6, 6.07) is 21.1. The zero-order valence-corrected chi connectivity index (χ0v) is 13.5. The largest absolute Gasteiger partial charge is 0.483 e. The predicted molar refractivity (Wildman–Crippen MR) is 92.9 cm³/mol. The number of rotatable bonds is 6. The Morgan fingerprint density at radius 2 is 1.46 bits per heavy atom. The Hall–Kier alpha value is -3.01. The fourth-order valence-electron chi connectivity index (χ4n) is 2.30. The first-order chi connectivity index (χ1) is 11.7. The Bertz CT molecular complexity index is 842. The summed E-state index contributed by atoms with van der Waals surface area (Å²) in [5.41, 5.74) is 2.64. The summed E-state index contributed by atoms with van der Waals surface area (Å²) in [7, 11) is 0. The van der Waals surface area contributed by atoms with E-state index in [1.807, 2.05) is 67.6 Å². The quantitative estimate of drug-likeness (QED) is 0.699. The van der Waals surface area contributed by atoms with Crippen molar-refractivity contribution in [1.29, 1.82) is 0 Å². The molecule has 3 aromatic rings. The van der Waals surface area contributed by atoms with Gasteiger partial charge in [0.2, 0.25) is 5.43 Å². The number of pyridine rings is 1. The minimum Gasteiger partial charge on any atom is -0.483 e. The van der Waals surface area contributed by atoms with Crippen LogP contribution in [0.4, 0.5) is 0 Å². The molecule has 0 unspecified atom stereocenters. The first kappa shape index (κ1) is 15.9. The lowest BCUT2D eigenvalue weighted by Gasteiger charge is -2.14. The van der Waals surface area contributed by atoms with Crippen molar-refractivity contribution in [2.75, 3.05) is 0 Å². The maximum atomic E-state index is 12.1. The van der Waals surface area contributed by atoms with E-state index in [9.17, 15) is 4.79 Å². The van der Waals surface area contributed by atoms with Crippen LogP contribution in [0.3, 0.4) is 0 Å². The van der Waals surface area contributed by atoms with Crippen LogP contribution in [0.25, 0.3) is 0 Å². The highest BCUT2D eigenvalue weighted by atomic mass is 16.7. The molecule has 0 spiro atoms. The summed E-state index contributed by atoms with van der Waals surface area (Å²) in [6.45, 7) is 2.59. The van der Waals surface area contributed by atoms with Gasteiger partial charge in [-0.15, -0.1) is 0 Å². The Morgan fingerprint density at radius 1 is 0.875 bits per heavy atom. The molecule has 0 N–H and O–H groups in total. The molecule has 0 saturated heterocycles. The molecule has 0 fully saturated rings. The van der Waals surface area contributed by atoms with E-state index in [-0.39, 0.29) is 11.2 Å². The van der Waals surface area contributed by atoms with Gasteiger partial charge in [0.05, 0.1) is 11.9 Å². The van der Waals surface area contributed by atoms with E-state index in [2.05, 4.69) is 0 Å². The van der Waals surface area contributed by atoms with Crippen molar-refractivity contribution in [2.45, 2.75) is 20.1 Å². The third kappa shape index (κ3) is 4.04. The van der Waals surface area contributed by atoms with Gasteiger partial charge in [-0.05, 0) is 18.1 Å². The maximum Gasteiger partial charge on any atom is 0.223 e. The Morgan fingerprint density at radius 3 is 2.08 bits per heavy atom. The second kappa shape index (κ2) is 7.51. The van der Waals surface area contributed by atoms with Gasteiger partial charge in [0.15, 0.2) is 5.75 Å². The molecule has 24 heavy (non-hydrogen) atoms. The van der Waals surface area contributed by atoms with E-state index in [4.69, 9.17) is 9.57 Å². The summed E-state index contributed by atoms with van der Waals surface area (Å²) in [6.07, 6.45) is 1.60. The molecular weight excluding hydrogens is 302 g/mol. The van der Waals surface area contributed by atoms with Gasteiger partial charge in [0.1, 0.15) is 13.2 Å². The monoisotopic (exact) mass is 321 g/mol. The molecule has 3 rings (SSSR count). The molecule has 0 aliphatic rings. The molecular formula is C20H19NO3. The highest BCUT2D eigenvalue weighted by molar-refractivity contribution is 5.22. The van der Waals surface area contributed by atoms with Gasteiger partial charge in [0.25, 0.3) is 0 Å². The van der Waals surface area contributed by atoms with Crippen LogP contribution in [0, 0.1) is 6.92 Å². The highest BCUT2D eigenvalue weighted by Gasteiger charge is 2.07. The predicted octanol–water partition coefficient (Wildman–Crippen LogP) is 3.36. The van der Waals surface area contributed by atoms with Crippen molar-refractivity contribution in [3.05, 3.63) is 100.0 Å². The lowest BCUT2D eigenvalue weighted by Crippen LogP contribution is -2.19. The fourth-order valence-corrected chi connectivity index (χ4v) is 2.30. The minimum absolute atomic E-state index is 0.150. The van der Waals surface area contributed by atoms with Crippen LogP contribution in [0.15, 0.2) is 77.7 Å². The lowest BCUT2D eigenvalue weighted by molar-refractivity contribution is 0.0887. The van der Waals surface area contributed by atoms with E-state index >= 15 is 0 Å². The van der Waals surface area contributed by atoms with Gasteiger partial charge >= 0.3 is 0 Å². The van der Waals surface area contributed by atoms with Crippen LogP contribution in [-0.2, 0) is 13.2 Å². The van der Waals surface area contributed by atoms with Crippen LogP contribution >= 0.6 is 0 Å². The Kier molecular flexibility index (Phi) is 4.96. The van der Waals surface area contributed by atoms with Crippen molar-refractivity contribution in [3.8, 4) is 5.75 Å². The lowest BCUT2D eigenvalue weighted by atomic mass is 10.2. The van der Waals surface area contributed by atoms with Crippen LogP contribution in [0.2, 0.25) is 0 Å². The van der Waals surface area contributed by atoms with Crippen LogP contribution in [0.1, 0.15) is 16.8 Å². The van der Waals surface area contributed by atoms with E-state index < -0.39 is 0 Å². The first-order valence-corrected chi connectivity index (χ1v) is 7.79. The number of hydrogen-bond acceptors (Lipinski definition) is 3. The van der Waals surface area contributed by atoms with E-state index in [1.54, 1.807) is 10.9 Å². The minimum atomic E-state index is -0.150. The number of benzene rings is 2. The smallest absolute Gasteiger partial charge is 0.223 e. The first-order valence-electron chi connectivity index (χ1n) is 7.79. The van der Waals surface area contributed by atoms with Crippen molar-refractivity contribution < 1.29 is 9.57 Å². The van der Waals surface area contributed by atoms with E-state index in [1.165, 1.54) is 6.07 Å². The summed E-state index contributed by atoms with van der Waals surface area (Å²) in [5.74, 6) is 0.275. The Labute approximate surface area is 140 Å². The molecule has 0 atom stereocenters. The molecule has 4 nitrogen and oxygen atoms in total. The molecule has 1 aromatic heterocycles. The van der Waals surface area contributed by atoms with E-state index in [0.717, 1.165) is 16.8 Å². The summed E-state index contributed by atoms with van der Waals surface area (Å²) >= 11 is 0. The fraction of sp³-hybridized carbons (Fsp3) is 0.150. The standard InChI is InChI=1S/C20H19NO3/c1-16-12-19(22)20(23-14-17-8-4-2-5-9-17)13-21(16)24-15-18-10-6-3-7-11-18/h2-13H,14-15H2,1H3. The number of nitrogens with zero attached hydrogens (tertiary/aromatic N) is 1. The van der Waals surface area contributed by atoms with Gasteiger partial charge in [-0.25, -0.2) is 0 Å². The molecule has 122 valence electrons. The van der Waals surface area contributed by atoms with Crippen LogP contribution in [-0.4, -0.2) is 4.73 Å². The topological polar surface area (TPSA) is 40.5 Å². The van der Waals surface area contributed by atoms with Crippen molar-refractivity contribution in [2.24, 2.45) is 0 Å².